The molecule has 0 aromatic heterocycles. The van der Waals surface area contributed by atoms with Gasteiger partial charge in [-0.3, -0.25) is 4.99 Å². The van der Waals surface area contributed by atoms with Gasteiger partial charge >= 0.3 is 0 Å². The Bertz CT molecular complexity index is 720. The van der Waals surface area contributed by atoms with E-state index in [1.54, 1.807) is 20.2 Å². The molecule has 25 heavy (non-hydrogen) atoms. The summed E-state index contributed by atoms with van der Waals surface area (Å²) >= 11 is 0. The third-order valence-corrected chi connectivity index (χ3v) is 3.57. The zero-order valence-electron chi connectivity index (χ0n) is 14.8. The molecule has 0 aliphatic carbocycles. The molecular formula is C19H24FN3O2. The van der Waals surface area contributed by atoms with E-state index < -0.39 is 0 Å². The minimum atomic E-state index is -0.361. The molecule has 0 aliphatic heterocycles. The molecule has 0 fully saturated rings. The maximum Gasteiger partial charge on any atom is 0.191 e. The van der Waals surface area contributed by atoms with E-state index in [2.05, 4.69) is 15.6 Å². The lowest BCUT2D eigenvalue weighted by Gasteiger charge is -2.13. The minimum absolute atomic E-state index is 0.270. The quantitative estimate of drug-likeness (QED) is 0.598. The number of ether oxygens (including phenoxy) is 2. The number of aliphatic imine (C=N–C) groups is 1. The third kappa shape index (κ3) is 5.67. The summed E-state index contributed by atoms with van der Waals surface area (Å²) < 4.78 is 24.3. The molecule has 0 radical (unpaired) electrons. The molecule has 2 N–H and O–H groups in total. The van der Waals surface area contributed by atoms with Crippen LogP contribution in [-0.4, -0.2) is 26.7 Å². The van der Waals surface area contributed by atoms with Crippen LogP contribution in [0.3, 0.4) is 0 Å². The molecule has 0 aliphatic rings. The minimum Gasteiger partial charge on any atom is -0.497 e. The lowest BCUT2D eigenvalue weighted by Crippen LogP contribution is -2.36. The second-order valence-corrected chi connectivity index (χ2v) is 5.33. The molecular weight excluding hydrogens is 321 g/mol. The first kappa shape index (κ1) is 18.6. The van der Waals surface area contributed by atoms with Gasteiger partial charge in [0, 0.05) is 20.1 Å². The second-order valence-electron chi connectivity index (χ2n) is 5.33. The van der Waals surface area contributed by atoms with Gasteiger partial charge in [0.05, 0.1) is 13.7 Å². The van der Waals surface area contributed by atoms with Gasteiger partial charge in [0.2, 0.25) is 0 Å². The van der Waals surface area contributed by atoms with Crippen molar-refractivity contribution in [2.45, 2.75) is 20.0 Å². The summed E-state index contributed by atoms with van der Waals surface area (Å²) in [7, 11) is 3.34. The fourth-order valence-corrected chi connectivity index (χ4v) is 2.30. The van der Waals surface area contributed by atoms with Crippen LogP contribution in [0.1, 0.15) is 18.1 Å². The van der Waals surface area contributed by atoms with Crippen molar-refractivity contribution in [3.8, 4) is 11.5 Å². The zero-order chi connectivity index (χ0) is 18.1. The predicted octanol–water partition coefficient (Wildman–Crippen LogP) is 3.10. The van der Waals surface area contributed by atoms with Gasteiger partial charge in [0.25, 0.3) is 0 Å². The summed E-state index contributed by atoms with van der Waals surface area (Å²) in [5, 5.41) is 6.38. The lowest BCUT2D eigenvalue weighted by molar-refractivity contribution is 0.321. The van der Waals surface area contributed by atoms with E-state index in [1.165, 1.54) is 6.07 Å². The van der Waals surface area contributed by atoms with E-state index in [4.69, 9.17) is 9.47 Å². The van der Waals surface area contributed by atoms with Crippen molar-refractivity contribution in [2.24, 2.45) is 4.99 Å². The number of guanidine groups is 1. The van der Waals surface area contributed by atoms with Crippen molar-refractivity contribution < 1.29 is 13.9 Å². The molecule has 0 heterocycles. The van der Waals surface area contributed by atoms with Gasteiger partial charge < -0.3 is 20.1 Å². The van der Waals surface area contributed by atoms with Gasteiger partial charge in [0.1, 0.15) is 5.75 Å². The van der Waals surface area contributed by atoms with Crippen LogP contribution in [0.5, 0.6) is 11.5 Å². The Labute approximate surface area is 147 Å². The van der Waals surface area contributed by atoms with Crippen LogP contribution in [-0.2, 0) is 13.1 Å². The summed E-state index contributed by atoms with van der Waals surface area (Å²) in [6.07, 6.45) is 0. The highest BCUT2D eigenvalue weighted by molar-refractivity contribution is 5.79. The third-order valence-electron chi connectivity index (χ3n) is 3.57. The molecule has 6 heteroatoms. The zero-order valence-corrected chi connectivity index (χ0v) is 14.8. The van der Waals surface area contributed by atoms with E-state index in [-0.39, 0.29) is 11.6 Å². The Morgan fingerprint density at radius 1 is 1.08 bits per heavy atom. The molecule has 0 saturated carbocycles. The van der Waals surface area contributed by atoms with Gasteiger partial charge in [-0.05, 0) is 42.3 Å². The van der Waals surface area contributed by atoms with Crippen molar-refractivity contribution >= 4 is 5.96 Å². The van der Waals surface area contributed by atoms with Crippen LogP contribution in [0.25, 0.3) is 0 Å². The van der Waals surface area contributed by atoms with Crippen molar-refractivity contribution in [1.29, 1.82) is 0 Å². The number of hydrogen-bond donors (Lipinski definition) is 2. The van der Waals surface area contributed by atoms with Gasteiger partial charge in [-0.15, -0.1) is 0 Å². The topological polar surface area (TPSA) is 54.9 Å². The number of nitrogens with zero attached hydrogens (tertiary/aromatic N) is 1. The fourth-order valence-electron chi connectivity index (χ4n) is 2.30. The highest BCUT2D eigenvalue weighted by atomic mass is 19.1. The van der Waals surface area contributed by atoms with E-state index in [0.717, 1.165) is 16.9 Å². The Hall–Kier alpha value is -2.76. The molecule has 2 aromatic carbocycles. The van der Waals surface area contributed by atoms with Crippen LogP contribution in [0.4, 0.5) is 4.39 Å². The van der Waals surface area contributed by atoms with Crippen LogP contribution >= 0.6 is 0 Å². The average Bonchev–Trinajstić information content (AvgIpc) is 2.64. The molecule has 5 nitrogen and oxygen atoms in total. The summed E-state index contributed by atoms with van der Waals surface area (Å²) in [6, 6.07) is 12.7. The van der Waals surface area contributed by atoms with Gasteiger partial charge in [0.15, 0.2) is 17.5 Å². The Balaban J connectivity index is 1.88. The largest absolute Gasteiger partial charge is 0.497 e. The van der Waals surface area contributed by atoms with Gasteiger partial charge in [-0.2, -0.15) is 0 Å². The van der Waals surface area contributed by atoms with Crippen molar-refractivity contribution in [3.63, 3.8) is 0 Å². The SMILES string of the molecule is CCOc1ccc(CNC(=NC)NCc2cccc(OC)c2)cc1F. The van der Waals surface area contributed by atoms with E-state index >= 15 is 0 Å². The smallest absolute Gasteiger partial charge is 0.191 e. The number of rotatable bonds is 7. The standard InChI is InChI=1S/C19H24FN3O2/c1-4-25-18-9-8-15(11-17(18)20)13-23-19(21-2)22-12-14-6-5-7-16(10-14)24-3/h5-11H,4,12-13H2,1-3H3,(H2,21,22,23). The average molecular weight is 345 g/mol. The molecule has 0 bridgehead atoms. The molecule has 0 amide bonds. The molecule has 134 valence electrons. The molecule has 0 saturated heterocycles. The Morgan fingerprint density at radius 2 is 1.80 bits per heavy atom. The lowest BCUT2D eigenvalue weighted by atomic mass is 10.2. The van der Waals surface area contributed by atoms with Crippen molar-refractivity contribution in [1.82, 2.24) is 10.6 Å². The molecule has 0 unspecified atom stereocenters. The summed E-state index contributed by atoms with van der Waals surface area (Å²) in [6.45, 7) is 3.33. The van der Waals surface area contributed by atoms with E-state index in [9.17, 15) is 4.39 Å². The molecule has 2 rings (SSSR count). The van der Waals surface area contributed by atoms with Crippen molar-refractivity contribution in [2.75, 3.05) is 20.8 Å². The molecule has 0 spiro atoms. The normalized spacial score (nSPS) is 11.1. The highest BCUT2D eigenvalue weighted by Gasteiger charge is 2.05. The summed E-state index contributed by atoms with van der Waals surface area (Å²) in [5.41, 5.74) is 1.89. The van der Waals surface area contributed by atoms with Crippen LogP contribution in [0, 0.1) is 5.82 Å². The number of hydrogen-bond acceptors (Lipinski definition) is 3. The predicted molar refractivity (Wildman–Crippen MR) is 97.6 cm³/mol. The van der Waals surface area contributed by atoms with Crippen LogP contribution < -0.4 is 20.1 Å². The first-order valence-corrected chi connectivity index (χ1v) is 8.15. The first-order chi connectivity index (χ1) is 12.2. The maximum atomic E-state index is 13.9. The molecule has 0 atom stereocenters. The molecule has 2 aromatic rings. The Kier molecular flexibility index (Phi) is 7.07. The van der Waals surface area contributed by atoms with Crippen LogP contribution in [0.2, 0.25) is 0 Å². The number of halogens is 1. The number of benzene rings is 2. The van der Waals surface area contributed by atoms with Gasteiger partial charge in [-0.25, -0.2) is 4.39 Å². The van der Waals surface area contributed by atoms with E-state index in [0.29, 0.717) is 25.7 Å². The monoisotopic (exact) mass is 345 g/mol. The maximum absolute atomic E-state index is 13.9. The summed E-state index contributed by atoms with van der Waals surface area (Å²) in [5.74, 6) is 1.36. The first-order valence-electron chi connectivity index (χ1n) is 8.15. The second kappa shape index (κ2) is 9.52. The Morgan fingerprint density at radius 3 is 2.40 bits per heavy atom. The van der Waals surface area contributed by atoms with Crippen molar-refractivity contribution in [3.05, 3.63) is 59.4 Å². The van der Waals surface area contributed by atoms with E-state index in [1.807, 2.05) is 37.3 Å². The number of methoxy groups -OCH3 is 1. The number of nitrogens with one attached hydrogen (secondary N) is 2. The highest BCUT2D eigenvalue weighted by Crippen LogP contribution is 2.18. The summed E-state index contributed by atoms with van der Waals surface area (Å²) in [4.78, 5) is 4.17. The van der Waals surface area contributed by atoms with Gasteiger partial charge in [-0.1, -0.05) is 18.2 Å². The fraction of sp³-hybridized carbons (Fsp3) is 0.316. The van der Waals surface area contributed by atoms with Crippen LogP contribution in [0.15, 0.2) is 47.5 Å².